The Hall–Kier alpha value is -2.40. The van der Waals surface area contributed by atoms with Crippen molar-refractivity contribution in [1.29, 1.82) is 0 Å². The van der Waals surface area contributed by atoms with Gasteiger partial charge in [-0.15, -0.1) is 0 Å². The number of carbonyl (C=O) groups excluding carboxylic acids is 2. The predicted octanol–water partition coefficient (Wildman–Crippen LogP) is 2.53. The number of halogens is 1. The van der Waals surface area contributed by atoms with Gasteiger partial charge in [0.2, 0.25) is 0 Å². The predicted molar refractivity (Wildman–Crippen MR) is 74.4 cm³/mol. The molecular formula is C14H10ClN3O2. The van der Waals surface area contributed by atoms with E-state index in [-0.39, 0.29) is 5.91 Å². The molecule has 0 spiro atoms. The molecule has 1 aromatic heterocycles. The molecule has 1 aromatic carbocycles. The lowest BCUT2D eigenvalue weighted by Crippen LogP contribution is -2.30. The number of pyridine rings is 1. The molecule has 0 aliphatic carbocycles. The topological polar surface area (TPSA) is 62.3 Å². The van der Waals surface area contributed by atoms with Gasteiger partial charge in [-0.05, 0) is 24.3 Å². The number of carbonyl (C=O) groups is 2. The third-order valence-corrected chi connectivity index (χ3v) is 3.26. The van der Waals surface area contributed by atoms with E-state index in [9.17, 15) is 9.59 Å². The summed E-state index contributed by atoms with van der Waals surface area (Å²) >= 11 is 5.89. The summed E-state index contributed by atoms with van der Waals surface area (Å²) in [6, 6.07) is 8.90. The highest BCUT2D eigenvalue weighted by molar-refractivity contribution is 6.31. The molecule has 3 rings (SSSR count). The quantitative estimate of drug-likeness (QED) is 0.863. The van der Waals surface area contributed by atoms with Gasteiger partial charge >= 0.3 is 6.03 Å². The SMILES string of the molecule is O=C1NC(c2cccnc2)C(=O)N1c1cccc(Cl)c1. The van der Waals surface area contributed by atoms with Crippen LogP contribution in [0.2, 0.25) is 5.02 Å². The fraction of sp³-hybridized carbons (Fsp3) is 0.0714. The lowest BCUT2D eigenvalue weighted by Gasteiger charge is -2.13. The first-order chi connectivity index (χ1) is 9.66. The maximum atomic E-state index is 12.4. The van der Waals surface area contributed by atoms with E-state index in [4.69, 9.17) is 11.6 Å². The molecule has 3 amide bonds. The molecule has 2 aromatic rings. The van der Waals surface area contributed by atoms with Crippen LogP contribution >= 0.6 is 11.6 Å². The molecule has 1 unspecified atom stereocenters. The Morgan fingerprint density at radius 2 is 2.05 bits per heavy atom. The van der Waals surface area contributed by atoms with Crippen molar-refractivity contribution in [3.05, 3.63) is 59.4 Å². The van der Waals surface area contributed by atoms with Crippen molar-refractivity contribution in [2.75, 3.05) is 4.90 Å². The smallest absolute Gasteiger partial charge is 0.321 e. The number of aromatic nitrogens is 1. The minimum absolute atomic E-state index is 0.342. The number of nitrogens with zero attached hydrogens (tertiary/aromatic N) is 2. The minimum Gasteiger partial charge on any atom is -0.321 e. The average molecular weight is 288 g/mol. The molecule has 5 nitrogen and oxygen atoms in total. The number of hydrogen-bond donors (Lipinski definition) is 1. The summed E-state index contributed by atoms with van der Waals surface area (Å²) in [7, 11) is 0. The zero-order chi connectivity index (χ0) is 14.1. The van der Waals surface area contributed by atoms with Crippen LogP contribution in [0.3, 0.4) is 0 Å². The van der Waals surface area contributed by atoms with E-state index >= 15 is 0 Å². The first-order valence-corrected chi connectivity index (χ1v) is 6.34. The van der Waals surface area contributed by atoms with Crippen molar-refractivity contribution in [3.8, 4) is 0 Å². The number of nitrogens with one attached hydrogen (secondary N) is 1. The molecule has 1 atom stereocenters. The fourth-order valence-corrected chi connectivity index (χ4v) is 2.30. The van der Waals surface area contributed by atoms with Gasteiger partial charge in [-0.3, -0.25) is 9.78 Å². The van der Waals surface area contributed by atoms with E-state index in [1.807, 2.05) is 0 Å². The zero-order valence-electron chi connectivity index (χ0n) is 10.3. The molecule has 0 bridgehead atoms. The lowest BCUT2D eigenvalue weighted by atomic mass is 10.1. The standard InChI is InChI=1S/C14H10ClN3O2/c15-10-4-1-5-11(7-10)18-13(19)12(17-14(18)20)9-3-2-6-16-8-9/h1-8,12H,(H,17,20). The van der Waals surface area contributed by atoms with Crippen molar-refractivity contribution in [3.63, 3.8) is 0 Å². The number of benzene rings is 1. The van der Waals surface area contributed by atoms with Crippen molar-refractivity contribution < 1.29 is 9.59 Å². The molecule has 0 radical (unpaired) electrons. The lowest BCUT2D eigenvalue weighted by molar-refractivity contribution is -0.118. The Bertz CT molecular complexity index is 675. The van der Waals surface area contributed by atoms with Crippen LogP contribution in [0, 0.1) is 0 Å². The minimum atomic E-state index is -0.713. The van der Waals surface area contributed by atoms with Crippen molar-refractivity contribution in [2.45, 2.75) is 6.04 Å². The van der Waals surface area contributed by atoms with Gasteiger partial charge in [-0.2, -0.15) is 0 Å². The van der Waals surface area contributed by atoms with E-state index in [0.717, 1.165) is 4.90 Å². The molecule has 0 saturated carbocycles. The van der Waals surface area contributed by atoms with Crippen molar-refractivity contribution in [2.24, 2.45) is 0 Å². The fourth-order valence-electron chi connectivity index (χ4n) is 2.11. The van der Waals surface area contributed by atoms with Gasteiger partial charge in [-0.1, -0.05) is 23.7 Å². The number of imide groups is 1. The highest BCUT2D eigenvalue weighted by Crippen LogP contribution is 2.28. The molecule has 1 fully saturated rings. The molecule has 1 aliphatic heterocycles. The largest absolute Gasteiger partial charge is 0.329 e. The van der Waals surface area contributed by atoms with E-state index in [1.54, 1.807) is 48.8 Å². The summed E-state index contributed by atoms with van der Waals surface area (Å²) in [4.78, 5) is 29.5. The van der Waals surface area contributed by atoms with Crippen LogP contribution in [-0.4, -0.2) is 16.9 Å². The normalized spacial score (nSPS) is 18.2. The number of urea groups is 1. The summed E-state index contributed by atoms with van der Waals surface area (Å²) < 4.78 is 0. The van der Waals surface area contributed by atoms with Crippen LogP contribution in [0.4, 0.5) is 10.5 Å². The molecule has 1 aliphatic rings. The highest BCUT2D eigenvalue weighted by atomic mass is 35.5. The summed E-state index contributed by atoms with van der Waals surface area (Å²) in [5.41, 5.74) is 1.10. The van der Waals surface area contributed by atoms with Crippen LogP contribution in [0.15, 0.2) is 48.8 Å². The van der Waals surface area contributed by atoms with Crippen LogP contribution in [-0.2, 0) is 4.79 Å². The van der Waals surface area contributed by atoms with Crippen LogP contribution in [0.25, 0.3) is 0 Å². The molecule has 2 heterocycles. The van der Waals surface area contributed by atoms with Gasteiger partial charge in [0.05, 0.1) is 5.69 Å². The number of rotatable bonds is 2. The Kier molecular flexibility index (Phi) is 3.12. The number of anilines is 1. The Labute approximate surface area is 120 Å². The maximum Gasteiger partial charge on any atom is 0.329 e. The Morgan fingerprint density at radius 1 is 1.20 bits per heavy atom. The second kappa shape index (κ2) is 4.94. The summed E-state index contributed by atoms with van der Waals surface area (Å²) in [5.74, 6) is -0.342. The van der Waals surface area contributed by atoms with Gasteiger partial charge in [0.1, 0.15) is 6.04 Å². The molecule has 6 heteroatoms. The second-order valence-corrected chi connectivity index (χ2v) is 4.76. The van der Waals surface area contributed by atoms with Crippen LogP contribution < -0.4 is 10.2 Å². The maximum absolute atomic E-state index is 12.4. The molecule has 1 N–H and O–H groups in total. The highest BCUT2D eigenvalue weighted by Gasteiger charge is 2.40. The summed E-state index contributed by atoms with van der Waals surface area (Å²) in [6.45, 7) is 0. The Morgan fingerprint density at radius 3 is 2.75 bits per heavy atom. The zero-order valence-corrected chi connectivity index (χ0v) is 11.0. The monoisotopic (exact) mass is 287 g/mol. The first kappa shape index (κ1) is 12.6. The van der Waals surface area contributed by atoms with Gasteiger partial charge in [0.15, 0.2) is 0 Å². The molecule has 100 valence electrons. The van der Waals surface area contributed by atoms with E-state index in [1.165, 1.54) is 0 Å². The van der Waals surface area contributed by atoms with Crippen LogP contribution in [0.5, 0.6) is 0 Å². The van der Waals surface area contributed by atoms with Crippen molar-refractivity contribution in [1.82, 2.24) is 10.3 Å². The number of hydrogen-bond acceptors (Lipinski definition) is 3. The van der Waals surface area contributed by atoms with E-state index < -0.39 is 12.1 Å². The third-order valence-electron chi connectivity index (χ3n) is 3.02. The van der Waals surface area contributed by atoms with Gasteiger partial charge in [0, 0.05) is 23.0 Å². The Balaban J connectivity index is 1.95. The molecular weight excluding hydrogens is 278 g/mol. The molecule has 1 saturated heterocycles. The average Bonchev–Trinajstić information content (AvgIpc) is 2.75. The van der Waals surface area contributed by atoms with Crippen LogP contribution in [0.1, 0.15) is 11.6 Å². The van der Waals surface area contributed by atoms with Gasteiger partial charge in [-0.25, -0.2) is 9.69 Å². The number of amides is 3. The van der Waals surface area contributed by atoms with Crippen molar-refractivity contribution >= 4 is 29.2 Å². The summed E-state index contributed by atoms with van der Waals surface area (Å²) in [5, 5.41) is 3.11. The van der Waals surface area contributed by atoms with E-state index in [2.05, 4.69) is 10.3 Å². The summed E-state index contributed by atoms with van der Waals surface area (Å²) in [6.07, 6.45) is 3.17. The third kappa shape index (κ3) is 2.12. The van der Waals surface area contributed by atoms with E-state index in [0.29, 0.717) is 16.3 Å². The van der Waals surface area contributed by atoms with Gasteiger partial charge < -0.3 is 5.32 Å². The first-order valence-electron chi connectivity index (χ1n) is 5.97. The van der Waals surface area contributed by atoms with Gasteiger partial charge in [0.25, 0.3) is 5.91 Å². The molecule has 20 heavy (non-hydrogen) atoms. The second-order valence-electron chi connectivity index (χ2n) is 4.32.